The minimum absolute atomic E-state index is 0.0278. The first kappa shape index (κ1) is 15.3. The zero-order chi connectivity index (χ0) is 15.5. The predicted molar refractivity (Wildman–Crippen MR) is 85.6 cm³/mol. The first-order valence-electron chi connectivity index (χ1n) is 7.94. The van der Waals surface area contributed by atoms with Gasteiger partial charge in [0.25, 0.3) is 0 Å². The van der Waals surface area contributed by atoms with E-state index in [9.17, 15) is 9.59 Å². The smallest absolute Gasteiger partial charge is 0.224 e. The summed E-state index contributed by atoms with van der Waals surface area (Å²) in [6, 6.07) is 7.68. The third-order valence-electron chi connectivity index (χ3n) is 4.60. The molecule has 1 N–H and O–H groups in total. The number of halogens is 1. The molecule has 1 saturated carbocycles. The number of carbonyl (C=O) groups excluding carboxylic acids is 2. The lowest BCUT2D eigenvalue weighted by molar-refractivity contribution is -0.128. The standard InChI is InChI=1S/C17H21ClN2O2/c18-14-6-1-3-12(9-14)7-8-20-11-15(10-16(20)21)19-17(22)13-4-2-5-13/h1,3,6,9,13,15H,2,4-5,7-8,10-11H2,(H,19,22)/t15-/m1/s1. The first-order valence-corrected chi connectivity index (χ1v) is 8.32. The molecular formula is C17H21ClN2O2. The van der Waals surface area contributed by atoms with Gasteiger partial charge in [-0.2, -0.15) is 0 Å². The summed E-state index contributed by atoms with van der Waals surface area (Å²) < 4.78 is 0. The Kier molecular flexibility index (Phi) is 4.67. The summed E-state index contributed by atoms with van der Waals surface area (Å²) in [4.78, 5) is 25.9. The lowest BCUT2D eigenvalue weighted by Gasteiger charge is -2.26. The molecule has 2 amide bonds. The van der Waals surface area contributed by atoms with E-state index in [2.05, 4.69) is 5.32 Å². The number of nitrogens with one attached hydrogen (secondary N) is 1. The van der Waals surface area contributed by atoms with Crippen LogP contribution in [-0.2, 0) is 16.0 Å². The molecule has 1 aromatic carbocycles. The fraction of sp³-hybridized carbons (Fsp3) is 0.529. The van der Waals surface area contributed by atoms with Crippen LogP contribution in [0, 0.1) is 5.92 Å². The minimum atomic E-state index is -0.0278. The third kappa shape index (κ3) is 3.61. The fourth-order valence-electron chi connectivity index (χ4n) is 3.03. The lowest BCUT2D eigenvalue weighted by Crippen LogP contribution is -2.42. The highest BCUT2D eigenvalue weighted by Crippen LogP contribution is 2.26. The molecule has 2 aliphatic rings. The highest BCUT2D eigenvalue weighted by Gasteiger charge is 2.33. The van der Waals surface area contributed by atoms with Crippen LogP contribution in [0.5, 0.6) is 0 Å². The second kappa shape index (κ2) is 6.69. The van der Waals surface area contributed by atoms with Crippen LogP contribution in [0.3, 0.4) is 0 Å². The Morgan fingerprint density at radius 2 is 2.18 bits per heavy atom. The van der Waals surface area contributed by atoms with Crippen molar-refractivity contribution in [1.82, 2.24) is 10.2 Å². The van der Waals surface area contributed by atoms with Gasteiger partial charge in [0.2, 0.25) is 11.8 Å². The summed E-state index contributed by atoms with van der Waals surface area (Å²) in [5, 5.41) is 3.74. The van der Waals surface area contributed by atoms with E-state index < -0.39 is 0 Å². The number of carbonyl (C=O) groups is 2. The summed E-state index contributed by atoms with van der Waals surface area (Å²) in [6.07, 6.45) is 4.34. The van der Waals surface area contributed by atoms with Crippen molar-refractivity contribution in [2.24, 2.45) is 5.92 Å². The van der Waals surface area contributed by atoms with Crippen LogP contribution < -0.4 is 5.32 Å². The molecule has 3 rings (SSSR count). The summed E-state index contributed by atoms with van der Waals surface area (Å²) >= 11 is 5.97. The van der Waals surface area contributed by atoms with E-state index in [0.29, 0.717) is 19.5 Å². The Morgan fingerprint density at radius 1 is 1.36 bits per heavy atom. The van der Waals surface area contributed by atoms with E-state index in [1.807, 2.05) is 29.2 Å². The maximum Gasteiger partial charge on any atom is 0.224 e. The van der Waals surface area contributed by atoms with Crippen LogP contribution in [0.15, 0.2) is 24.3 Å². The SMILES string of the molecule is O=C(N[C@@H]1CC(=O)N(CCc2cccc(Cl)c2)C1)C1CCC1. The summed E-state index contributed by atoms with van der Waals surface area (Å²) in [6.45, 7) is 1.30. The monoisotopic (exact) mass is 320 g/mol. The van der Waals surface area contributed by atoms with E-state index in [1.165, 1.54) is 0 Å². The van der Waals surface area contributed by atoms with E-state index in [4.69, 9.17) is 11.6 Å². The van der Waals surface area contributed by atoms with Gasteiger partial charge in [-0.25, -0.2) is 0 Å². The molecule has 1 heterocycles. The van der Waals surface area contributed by atoms with Gasteiger partial charge in [0, 0.05) is 30.5 Å². The molecule has 0 bridgehead atoms. The summed E-state index contributed by atoms with van der Waals surface area (Å²) in [5.41, 5.74) is 1.13. The van der Waals surface area contributed by atoms with Crippen molar-refractivity contribution in [2.75, 3.05) is 13.1 Å². The Bertz CT molecular complexity index is 572. The molecule has 0 radical (unpaired) electrons. The molecule has 0 unspecified atom stereocenters. The quantitative estimate of drug-likeness (QED) is 0.905. The maximum atomic E-state index is 12.1. The van der Waals surface area contributed by atoms with Crippen molar-refractivity contribution in [1.29, 1.82) is 0 Å². The molecule has 1 atom stereocenters. The topological polar surface area (TPSA) is 49.4 Å². The molecule has 0 aromatic heterocycles. The van der Waals surface area contributed by atoms with Gasteiger partial charge in [-0.1, -0.05) is 30.2 Å². The second-order valence-corrected chi connectivity index (χ2v) is 6.69. The van der Waals surface area contributed by atoms with E-state index in [0.717, 1.165) is 36.3 Å². The van der Waals surface area contributed by atoms with Gasteiger partial charge in [-0.05, 0) is 37.0 Å². The van der Waals surface area contributed by atoms with Gasteiger partial charge in [-0.3, -0.25) is 9.59 Å². The predicted octanol–water partition coefficient (Wildman–Crippen LogP) is 2.40. The number of hydrogen-bond acceptors (Lipinski definition) is 2. The van der Waals surface area contributed by atoms with Gasteiger partial charge in [0.15, 0.2) is 0 Å². The largest absolute Gasteiger partial charge is 0.351 e. The molecule has 22 heavy (non-hydrogen) atoms. The van der Waals surface area contributed by atoms with Crippen molar-refractivity contribution in [3.8, 4) is 0 Å². The number of likely N-dealkylation sites (tertiary alicyclic amines) is 1. The average molecular weight is 321 g/mol. The number of benzene rings is 1. The van der Waals surface area contributed by atoms with Crippen LogP contribution in [-0.4, -0.2) is 35.8 Å². The maximum absolute atomic E-state index is 12.1. The Labute approximate surface area is 135 Å². The van der Waals surface area contributed by atoms with Gasteiger partial charge in [0.05, 0.1) is 6.04 Å². The molecule has 1 aromatic rings. The zero-order valence-corrected chi connectivity index (χ0v) is 13.3. The van der Waals surface area contributed by atoms with Crippen LogP contribution in [0.4, 0.5) is 0 Å². The Balaban J connectivity index is 1.48. The molecule has 1 aliphatic carbocycles. The molecule has 1 aliphatic heterocycles. The van der Waals surface area contributed by atoms with Crippen molar-refractivity contribution < 1.29 is 9.59 Å². The zero-order valence-electron chi connectivity index (χ0n) is 12.6. The Hall–Kier alpha value is -1.55. The van der Waals surface area contributed by atoms with Crippen LogP contribution in [0.1, 0.15) is 31.2 Å². The van der Waals surface area contributed by atoms with Crippen molar-refractivity contribution >= 4 is 23.4 Å². The van der Waals surface area contributed by atoms with Crippen molar-refractivity contribution in [3.63, 3.8) is 0 Å². The number of nitrogens with zero attached hydrogens (tertiary/aromatic N) is 1. The molecule has 1 saturated heterocycles. The fourth-order valence-corrected chi connectivity index (χ4v) is 3.24. The van der Waals surface area contributed by atoms with Gasteiger partial charge >= 0.3 is 0 Å². The van der Waals surface area contributed by atoms with Crippen molar-refractivity contribution in [3.05, 3.63) is 34.9 Å². The van der Waals surface area contributed by atoms with Crippen LogP contribution in [0.2, 0.25) is 5.02 Å². The highest BCUT2D eigenvalue weighted by molar-refractivity contribution is 6.30. The third-order valence-corrected chi connectivity index (χ3v) is 4.83. The van der Waals surface area contributed by atoms with Crippen LogP contribution >= 0.6 is 11.6 Å². The highest BCUT2D eigenvalue weighted by atomic mass is 35.5. The summed E-state index contributed by atoms with van der Waals surface area (Å²) in [5.74, 6) is 0.428. The Morgan fingerprint density at radius 3 is 2.86 bits per heavy atom. The second-order valence-electron chi connectivity index (χ2n) is 6.26. The molecule has 118 valence electrons. The number of rotatable bonds is 5. The lowest BCUT2D eigenvalue weighted by atomic mass is 9.84. The minimum Gasteiger partial charge on any atom is -0.351 e. The van der Waals surface area contributed by atoms with E-state index >= 15 is 0 Å². The molecule has 0 spiro atoms. The van der Waals surface area contributed by atoms with Crippen molar-refractivity contribution in [2.45, 2.75) is 38.1 Å². The normalized spacial score (nSPS) is 21.8. The van der Waals surface area contributed by atoms with Gasteiger partial charge in [-0.15, -0.1) is 0 Å². The molecule has 2 fully saturated rings. The van der Waals surface area contributed by atoms with E-state index in [1.54, 1.807) is 0 Å². The molecule has 5 heteroatoms. The van der Waals surface area contributed by atoms with Gasteiger partial charge in [0.1, 0.15) is 0 Å². The first-order chi connectivity index (χ1) is 10.6. The molecule has 4 nitrogen and oxygen atoms in total. The number of amides is 2. The van der Waals surface area contributed by atoms with Crippen LogP contribution in [0.25, 0.3) is 0 Å². The van der Waals surface area contributed by atoms with E-state index in [-0.39, 0.29) is 23.8 Å². The summed E-state index contributed by atoms with van der Waals surface area (Å²) in [7, 11) is 0. The molecular weight excluding hydrogens is 300 g/mol. The average Bonchev–Trinajstić information content (AvgIpc) is 2.74. The van der Waals surface area contributed by atoms with Gasteiger partial charge < -0.3 is 10.2 Å². The number of hydrogen-bond donors (Lipinski definition) is 1.